The van der Waals surface area contributed by atoms with E-state index in [4.69, 9.17) is 23.2 Å². The fourth-order valence-corrected chi connectivity index (χ4v) is 3.06. The maximum absolute atomic E-state index is 10.1. The van der Waals surface area contributed by atoms with Gasteiger partial charge in [-0.2, -0.15) is 0 Å². The van der Waals surface area contributed by atoms with E-state index >= 15 is 0 Å². The molecule has 0 aromatic heterocycles. The van der Waals surface area contributed by atoms with Crippen LogP contribution in [0.1, 0.15) is 27.2 Å². The topological polar surface area (TPSA) is 40.5 Å². The Hall–Kier alpha value is -0.0900. The lowest BCUT2D eigenvalue weighted by Crippen LogP contribution is -2.31. The van der Waals surface area contributed by atoms with Gasteiger partial charge in [-0.3, -0.25) is 0 Å². The first-order valence-corrected chi connectivity index (χ1v) is 7.51. The molecule has 0 spiro atoms. The molecule has 0 amide bonds. The average Bonchev–Trinajstić information content (AvgIpc) is 2.25. The van der Waals surface area contributed by atoms with Crippen LogP contribution in [0.2, 0.25) is 10.0 Å². The van der Waals surface area contributed by atoms with Gasteiger partial charge < -0.3 is 10.2 Å². The first-order valence-electron chi connectivity index (χ1n) is 5.77. The second-order valence-corrected chi connectivity index (χ2v) is 6.83. The Labute approximate surface area is 122 Å². The molecule has 1 atom stereocenters. The second kappa shape index (κ2) is 6.38. The van der Waals surface area contributed by atoms with Gasteiger partial charge >= 0.3 is 0 Å². The molecule has 0 saturated carbocycles. The SMILES string of the molecule is CC(C)C(C)(O)CCSc1cc(Cl)c(O)c(Cl)c1. The first kappa shape index (κ1) is 16.0. The zero-order valence-corrected chi connectivity index (χ0v) is 13.0. The van der Waals surface area contributed by atoms with Crippen molar-refractivity contribution in [2.24, 2.45) is 5.92 Å². The third-order valence-electron chi connectivity index (χ3n) is 3.11. The van der Waals surface area contributed by atoms with E-state index in [0.29, 0.717) is 6.42 Å². The summed E-state index contributed by atoms with van der Waals surface area (Å²) in [4.78, 5) is 0.891. The van der Waals surface area contributed by atoms with Gasteiger partial charge in [0.15, 0.2) is 5.75 Å². The molecule has 1 aromatic rings. The van der Waals surface area contributed by atoms with E-state index < -0.39 is 5.60 Å². The normalized spacial score (nSPS) is 14.8. The third kappa shape index (κ3) is 4.23. The van der Waals surface area contributed by atoms with E-state index in [0.717, 1.165) is 10.6 Å². The van der Waals surface area contributed by atoms with E-state index in [2.05, 4.69) is 0 Å². The van der Waals surface area contributed by atoms with Gasteiger partial charge in [-0.1, -0.05) is 37.0 Å². The summed E-state index contributed by atoms with van der Waals surface area (Å²) in [7, 11) is 0. The summed E-state index contributed by atoms with van der Waals surface area (Å²) in [6, 6.07) is 3.36. The molecule has 0 radical (unpaired) electrons. The molecular weight excluding hydrogens is 291 g/mol. The summed E-state index contributed by atoms with van der Waals surface area (Å²) in [5.41, 5.74) is -0.669. The van der Waals surface area contributed by atoms with Gasteiger partial charge in [-0.05, 0) is 31.4 Å². The lowest BCUT2D eigenvalue weighted by atomic mass is 9.90. The molecule has 0 saturated heterocycles. The zero-order chi connectivity index (χ0) is 13.9. The fraction of sp³-hybridized carbons (Fsp3) is 0.538. The number of thioether (sulfide) groups is 1. The molecular formula is C13H18Cl2O2S. The van der Waals surface area contributed by atoms with Crippen molar-refractivity contribution in [2.45, 2.75) is 37.7 Å². The Morgan fingerprint density at radius 2 is 1.78 bits per heavy atom. The molecule has 0 fully saturated rings. The Morgan fingerprint density at radius 1 is 1.28 bits per heavy atom. The summed E-state index contributed by atoms with van der Waals surface area (Å²) in [6.45, 7) is 5.84. The molecule has 102 valence electrons. The Kier molecular flexibility index (Phi) is 5.66. The summed E-state index contributed by atoms with van der Waals surface area (Å²) in [5.74, 6) is 0.893. The van der Waals surface area contributed by atoms with Gasteiger partial charge in [0.2, 0.25) is 0 Å². The van der Waals surface area contributed by atoms with Crippen LogP contribution in [0.5, 0.6) is 5.75 Å². The molecule has 1 aromatic carbocycles. The van der Waals surface area contributed by atoms with Crippen molar-refractivity contribution in [3.05, 3.63) is 22.2 Å². The second-order valence-electron chi connectivity index (χ2n) is 4.85. The number of rotatable bonds is 5. The summed E-state index contributed by atoms with van der Waals surface area (Å²) in [5, 5.41) is 20.1. The lowest BCUT2D eigenvalue weighted by Gasteiger charge is -2.27. The van der Waals surface area contributed by atoms with Crippen LogP contribution in [0.4, 0.5) is 0 Å². The minimum Gasteiger partial charge on any atom is -0.505 e. The first-order chi connectivity index (χ1) is 8.24. The van der Waals surface area contributed by atoms with Crippen molar-refractivity contribution in [3.8, 4) is 5.75 Å². The Bertz CT molecular complexity index is 396. The van der Waals surface area contributed by atoms with Crippen LogP contribution in [0, 0.1) is 5.92 Å². The van der Waals surface area contributed by atoms with Crippen LogP contribution in [0.15, 0.2) is 17.0 Å². The smallest absolute Gasteiger partial charge is 0.152 e. The van der Waals surface area contributed by atoms with Crippen LogP contribution in [0.3, 0.4) is 0 Å². The summed E-state index contributed by atoms with van der Waals surface area (Å²) >= 11 is 13.2. The van der Waals surface area contributed by atoms with Crippen molar-refractivity contribution in [1.82, 2.24) is 0 Å². The highest BCUT2D eigenvalue weighted by molar-refractivity contribution is 7.99. The van der Waals surface area contributed by atoms with Gasteiger partial charge in [0, 0.05) is 10.6 Å². The van der Waals surface area contributed by atoms with Crippen LogP contribution in [-0.2, 0) is 0 Å². The number of hydrogen-bond acceptors (Lipinski definition) is 3. The molecule has 18 heavy (non-hydrogen) atoms. The van der Waals surface area contributed by atoms with Crippen LogP contribution < -0.4 is 0 Å². The summed E-state index contributed by atoms with van der Waals surface area (Å²) in [6.07, 6.45) is 0.686. The minimum absolute atomic E-state index is 0.0862. The minimum atomic E-state index is -0.669. The van der Waals surface area contributed by atoms with Gasteiger partial charge in [0.05, 0.1) is 15.6 Å². The molecule has 0 aliphatic carbocycles. The van der Waals surface area contributed by atoms with Crippen molar-refractivity contribution in [3.63, 3.8) is 0 Å². The van der Waals surface area contributed by atoms with Crippen molar-refractivity contribution < 1.29 is 10.2 Å². The number of halogens is 2. The zero-order valence-electron chi connectivity index (χ0n) is 10.7. The largest absolute Gasteiger partial charge is 0.505 e. The molecule has 0 heterocycles. The van der Waals surface area contributed by atoms with E-state index in [9.17, 15) is 10.2 Å². The Balaban J connectivity index is 2.60. The number of phenolic OH excluding ortho intramolecular Hbond substituents is 1. The Morgan fingerprint density at radius 3 is 2.22 bits per heavy atom. The standard InChI is InChI=1S/C13H18Cl2O2S/c1-8(2)13(3,17)4-5-18-9-6-10(14)12(16)11(15)7-9/h6-8,16-17H,4-5H2,1-3H3. The highest BCUT2D eigenvalue weighted by Gasteiger charge is 2.24. The number of benzene rings is 1. The summed E-state index contributed by atoms with van der Waals surface area (Å²) < 4.78 is 0. The highest BCUT2D eigenvalue weighted by Crippen LogP contribution is 2.36. The number of phenols is 1. The van der Waals surface area contributed by atoms with E-state index in [1.54, 1.807) is 23.9 Å². The molecule has 1 rings (SSSR count). The number of hydrogen-bond donors (Lipinski definition) is 2. The monoisotopic (exact) mass is 308 g/mol. The molecule has 2 N–H and O–H groups in total. The molecule has 2 nitrogen and oxygen atoms in total. The lowest BCUT2D eigenvalue weighted by molar-refractivity contribution is 0.0111. The molecule has 0 aliphatic heterocycles. The van der Waals surface area contributed by atoms with Crippen LogP contribution in [-0.4, -0.2) is 21.6 Å². The maximum atomic E-state index is 10.1. The van der Waals surface area contributed by atoms with E-state index in [1.807, 2.05) is 20.8 Å². The number of aromatic hydroxyl groups is 1. The maximum Gasteiger partial charge on any atom is 0.152 e. The third-order valence-corrected chi connectivity index (χ3v) is 4.66. The van der Waals surface area contributed by atoms with Crippen molar-refractivity contribution in [1.29, 1.82) is 0 Å². The fourth-order valence-electron chi connectivity index (χ4n) is 1.29. The number of aliphatic hydroxyl groups is 1. The van der Waals surface area contributed by atoms with E-state index in [1.165, 1.54) is 0 Å². The van der Waals surface area contributed by atoms with Gasteiger partial charge in [0.1, 0.15) is 0 Å². The molecule has 5 heteroatoms. The molecule has 0 bridgehead atoms. The predicted octanol–water partition coefficient (Wildman–Crippen LogP) is 4.59. The van der Waals surface area contributed by atoms with Crippen molar-refractivity contribution >= 4 is 35.0 Å². The van der Waals surface area contributed by atoms with Crippen molar-refractivity contribution in [2.75, 3.05) is 5.75 Å². The molecule has 1 unspecified atom stereocenters. The average molecular weight is 309 g/mol. The quantitative estimate of drug-likeness (QED) is 0.782. The van der Waals surface area contributed by atoms with E-state index in [-0.39, 0.29) is 21.7 Å². The predicted molar refractivity (Wildman–Crippen MR) is 78.9 cm³/mol. The van der Waals surface area contributed by atoms with Crippen LogP contribution >= 0.6 is 35.0 Å². The highest BCUT2D eigenvalue weighted by atomic mass is 35.5. The van der Waals surface area contributed by atoms with Gasteiger partial charge in [0.25, 0.3) is 0 Å². The van der Waals surface area contributed by atoms with Gasteiger partial charge in [-0.25, -0.2) is 0 Å². The molecule has 0 aliphatic rings. The van der Waals surface area contributed by atoms with Gasteiger partial charge in [-0.15, -0.1) is 11.8 Å². The van der Waals surface area contributed by atoms with Crippen LogP contribution in [0.25, 0.3) is 0 Å².